The molecule has 1 heterocycles. The summed E-state index contributed by atoms with van der Waals surface area (Å²) in [7, 11) is 0. The van der Waals surface area contributed by atoms with Crippen LogP contribution < -0.4 is 5.32 Å². The van der Waals surface area contributed by atoms with E-state index < -0.39 is 5.97 Å². The van der Waals surface area contributed by atoms with Crippen molar-refractivity contribution in [1.29, 1.82) is 0 Å². The molecule has 1 aromatic rings. The third kappa shape index (κ3) is 4.78. The standard InChI is InChI=1S/C14H23NO2S/c1-4-5-6-7-10(2)15-9-12-8-13(14(16)17)18-11(12)3/h8,10,15H,4-7,9H2,1-3H3,(H,16,17). The van der Waals surface area contributed by atoms with Crippen molar-refractivity contribution in [3.8, 4) is 0 Å². The Hall–Kier alpha value is -0.870. The summed E-state index contributed by atoms with van der Waals surface area (Å²) in [5.74, 6) is -0.828. The summed E-state index contributed by atoms with van der Waals surface area (Å²) in [6, 6.07) is 2.28. The second-order valence-electron chi connectivity index (χ2n) is 4.77. The van der Waals surface area contributed by atoms with E-state index in [9.17, 15) is 4.79 Å². The van der Waals surface area contributed by atoms with Gasteiger partial charge in [-0.05, 0) is 31.9 Å². The molecular weight excluding hydrogens is 246 g/mol. The molecule has 1 rings (SSSR count). The molecule has 2 N–H and O–H groups in total. The maximum Gasteiger partial charge on any atom is 0.345 e. The van der Waals surface area contributed by atoms with Gasteiger partial charge in [-0.3, -0.25) is 0 Å². The van der Waals surface area contributed by atoms with Crippen LogP contribution >= 0.6 is 11.3 Å². The fourth-order valence-electron chi connectivity index (χ4n) is 1.89. The van der Waals surface area contributed by atoms with Crippen molar-refractivity contribution < 1.29 is 9.90 Å². The van der Waals surface area contributed by atoms with Crippen molar-refractivity contribution in [2.75, 3.05) is 0 Å². The number of thiophene rings is 1. The first kappa shape index (κ1) is 15.2. The first-order chi connectivity index (χ1) is 8.54. The number of rotatable bonds is 8. The van der Waals surface area contributed by atoms with Gasteiger partial charge >= 0.3 is 5.97 Å². The predicted octanol–water partition coefficient (Wildman–Crippen LogP) is 3.81. The van der Waals surface area contributed by atoms with Crippen molar-refractivity contribution in [1.82, 2.24) is 5.32 Å². The molecule has 0 radical (unpaired) electrons. The van der Waals surface area contributed by atoms with Gasteiger partial charge in [0, 0.05) is 17.5 Å². The number of aromatic carboxylic acids is 1. The summed E-state index contributed by atoms with van der Waals surface area (Å²) >= 11 is 1.36. The Morgan fingerprint density at radius 2 is 2.22 bits per heavy atom. The molecule has 0 aromatic carbocycles. The highest BCUT2D eigenvalue weighted by molar-refractivity contribution is 7.14. The van der Waals surface area contributed by atoms with Crippen molar-refractivity contribution in [3.05, 3.63) is 21.4 Å². The van der Waals surface area contributed by atoms with E-state index in [2.05, 4.69) is 19.2 Å². The van der Waals surface area contributed by atoms with Crippen LogP contribution in [0.3, 0.4) is 0 Å². The average Bonchev–Trinajstić information content (AvgIpc) is 2.69. The molecule has 1 aromatic heterocycles. The smallest absolute Gasteiger partial charge is 0.345 e. The van der Waals surface area contributed by atoms with Crippen LogP contribution in [-0.4, -0.2) is 17.1 Å². The molecule has 1 atom stereocenters. The van der Waals surface area contributed by atoms with Gasteiger partial charge in [0.2, 0.25) is 0 Å². The van der Waals surface area contributed by atoms with Crippen LogP contribution in [-0.2, 0) is 6.54 Å². The summed E-state index contributed by atoms with van der Waals surface area (Å²) in [6.45, 7) is 7.15. The second kappa shape index (κ2) is 7.54. The lowest BCUT2D eigenvalue weighted by atomic mass is 10.1. The molecule has 0 fully saturated rings. The highest BCUT2D eigenvalue weighted by Gasteiger charge is 2.11. The number of aryl methyl sites for hydroxylation is 1. The van der Waals surface area contributed by atoms with E-state index >= 15 is 0 Å². The number of unbranched alkanes of at least 4 members (excludes halogenated alkanes) is 2. The molecule has 0 amide bonds. The van der Waals surface area contributed by atoms with Crippen LogP contribution in [0.5, 0.6) is 0 Å². The molecule has 0 saturated heterocycles. The van der Waals surface area contributed by atoms with Crippen LogP contribution in [0.15, 0.2) is 6.07 Å². The molecule has 0 spiro atoms. The maximum atomic E-state index is 10.9. The summed E-state index contributed by atoms with van der Waals surface area (Å²) in [4.78, 5) is 12.4. The van der Waals surface area contributed by atoms with E-state index in [0.717, 1.165) is 17.0 Å². The number of carbonyl (C=O) groups is 1. The van der Waals surface area contributed by atoms with E-state index in [1.807, 2.05) is 6.92 Å². The predicted molar refractivity (Wildman–Crippen MR) is 76.5 cm³/mol. The molecule has 0 aliphatic carbocycles. The van der Waals surface area contributed by atoms with Crippen LogP contribution in [0.2, 0.25) is 0 Å². The monoisotopic (exact) mass is 269 g/mol. The first-order valence-corrected chi connectivity index (χ1v) is 7.42. The molecular formula is C14H23NO2S. The van der Waals surface area contributed by atoms with Crippen LogP contribution in [0, 0.1) is 6.92 Å². The molecule has 0 aliphatic rings. The van der Waals surface area contributed by atoms with E-state index in [-0.39, 0.29) is 0 Å². The van der Waals surface area contributed by atoms with Gasteiger partial charge in [0.15, 0.2) is 0 Å². The normalized spacial score (nSPS) is 12.6. The molecule has 18 heavy (non-hydrogen) atoms. The summed E-state index contributed by atoms with van der Waals surface area (Å²) < 4.78 is 0. The second-order valence-corrected chi connectivity index (χ2v) is 6.03. The number of nitrogens with one attached hydrogen (secondary N) is 1. The maximum absolute atomic E-state index is 10.9. The zero-order valence-corrected chi connectivity index (χ0v) is 12.3. The lowest BCUT2D eigenvalue weighted by Gasteiger charge is -2.13. The fraction of sp³-hybridized carbons (Fsp3) is 0.643. The SMILES string of the molecule is CCCCCC(C)NCc1cc(C(=O)O)sc1C. The van der Waals surface area contributed by atoms with Crippen molar-refractivity contribution in [2.45, 2.75) is 59.0 Å². The molecule has 4 heteroatoms. The van der Waals surface area contributed by atoms with Gasteiger partial charge in [0.25, 0.3) is 0 Å². The summed E-state index contributed by atoms with van der Waals surface area (Å²) in [6.07, 6.45) is 4.97. The van der Waals surface area contributed by atoms with Crippen molar-refractivity contribution in [3.63, 3.8) is 0 Å². The Morgan fingerprint density at radius 1 is 1.50 bits per heavy atom. The third-order valence-electron chi connectivity index (χ3n) is 3.11. The van der Waals surface area contributed by atoms with E-state index in [0.29, 0.717) is 10.9 Å². The van der Waals surface area contributed by atoms with Crippen LogP contribution in [0.25, 0.3) is 0 Å². The molecule has 0 aliphatic heterocycles. The minimum absolute atomic E-state index is 0.433. The Balaban J connectivity index is 2.40. The van der Waals surface area contributed by atoms with E-state index in [1.165, 1.54) is 37.0 Å². The van der Waals surface area contributed by atoms with Gasteiger partial charge in [-0.2, -0.15) is 0 Å². The van der Waals surface area contributed by atoms with Crippen molar-refractivity contribution >= 4 is 17.3 Å². The first-order valence-electron chi connectivity index (χ1n) is 6.60. The highest BCUT2D eigenvalue weighted by atomic mass is 32.1. The van der Waals surface area contributed by atoms with Crippen LogP contribution in [0.4, 0.5) is 0 Å². The molecule has 3 nitrogen and oxygen atoms in total. The van der Waals surface area contributed by atoms with Gasteiger partial charge in [-0.25, -0.2) is 4.79 Å². The minimum atomic E-state index is -0.828. The van der Waals surface area contributed by atoms with Gasteiger partial charge in [0.1, 0.15) is 4.88 Å². The van der Waals surface area contributed by atoms with E-state index in [1.54, 1.807) is 6.07 Å². The molecule has 0 bridgehead atoms. The number of carboxylic acids is 1. The molecule has 102 valence electrons. The largest absolute Gasteiger partial charge is 0.477 e. The van der Waals surface area contributed by atoms with Crippen molar-refractivity contribution in [2.24, 2.45) is 0 Å². The van der Waals surface area contributed by atoms with Gasteiger partial charge in [-0.15, -0.1) is 11.3 Å². The fourth-order valence-corrected chi connectivity index (χ4v) is 2.77. The zero-order chi connectivity index (χ0) is 13.5. The van der Waals surface area contributed by atoms with Gasteiger partial charge in [-0.1, -0.05) is 26.2 Å². The summed E-state index contributed by atoms with van der Waals surface area (Å²) in [5.41, 5.74) is 1.11. The van der Waals surface area contributed by atoms with Gasteiger partial charge in [0.05, 0.1) is 0 Å². The Labute approximate surface area is 113 Å². The number of hydrogen-bond donors (Lipinski definition) is 2. The summed E-state index contributed by atoms with van der Waals surface area (Å²) in [5, 5.41) is 12.4. The lowest BCUT2D eigenvalue weighted by Crippen LogP contribution is -2.25. The minimum Gasteiger partial charge on any atom is -0.477 e. The van der Waals surface area contributed by atoms with Gasteiger partial charge < -0.3 is 10.4 Å². The Bertz CT molecular complexity index is 387. The molecule has 0 saturated carbocycles. The number of carboxylic acid groups (broad SMARTS) is 1. The average molecular weight is 269 g/mol. The quantitative estimate of drug-likeness (QED) is 0.705. The van der Waals surface area contributed by atoms with E-state index in [4.69, 9.17) is 5.11 Å². The molecule has 1 unspecified atom stereocenters. The Kier molecular flexibility index (Phi) is 6.36. The Morgan fingerprint density at radius 3 is 2.78 bits per heavy atom. The topological polar surface area (TPSA) is 49.3 Å². The lowest BCUT2D eigenvalue weighted by molar-refractivity contribution is 0.0702. The number of hydrogen-bond acceptors (Lipinski definition) is 3. The van der Waals surface area contributed by atoms with Crippen LogP contribution in [0.1, 0.15) is 59.6 Å². The zero-order valence-electron chi connectivity index (χ0n) is 11.5. The highest BCUT2D eigenvalue weighted by Crippen LogP contribution is 2.21. The third-order valence-corrected chi connectivity index (χ3v) is 4.19.